The summed E-state index contributed by atoms with van der Waals surface area (Å²) in [6.45, 7) is 2.37. The fraction of sp³-hybridized carbons (Fsp3) is 0.235. The van der Waals surface area contributed by atoms with Crippen molar-refractivity contribution in [1.82, 2.24) is 4.98 Å². The van der Waals surface area contributed by atoms with E-state index in [4.69, 9.17) is 16.3 Å². The van der Waals surface area contributed by atoms with Gasteiger partial charge in [-0.25, -0.2) is 9.78 Å². The van der Waals surface area contributed by atoms with Crippen LogP contribution in [-0.2, 0) is 4.74 Å². The van der Waals surface area contributed by atoms with Crippen molar-refractivity contribution in [3.8, 4) is 0 Å². The maximum Gasteiger partial charge on any atom is 0.340 e. The van der Waals surface area contributed by atoms with E-state index < -0.39 is 11.9 Å². The van der Waals surface area contributed by atoms with E-state index in [0.717, 1.165) is 12.8 Å². The molecule has 0 aliphatic rings. The monoisotopic (exact) mass is 332 g/mol. The van der Waals surface area contributed by atoms with E-state index in [0.29, 0.717) is 17.9 Å². The van der Waals surface area contributed by atoms with Crippen LogP contribution in [0, 0.1) is 0 Å². The van der Waals surface area contributed by atoms with Crippen LogP contribution in [0.2, 0.25) is 5.15 Å². The van der Waals surface area contributed by atoms with Gasteiger partial charge >= 0.3 is 5.97 Å². The number of anilines is 1. The molecule has 1 N–H and O–H groups in total. The molecular weight excluding hydrogens is 316 g/mol. The lowest BCUT2D eigenvalue weighted by Gasteiger charge is -2.11. The first kappa shape index (κ1) is 17.0. The number of para-hydroxylation sites is 1. The number of esters is 1. The molecule has 0 saturated heterocycles. The molecule has 1 heterocycles. The minimum absolute atomic E-state index is 0.105. The summed E-state index contributed by atoms with van der Waals surface area (Å²) < 4.78 is 5.19. The zero-order valence-electron chi connectivity index (χ0n) is 12.7. The van der Waals surface area contributed by atoms with Crippen molar-refractivity contribution in [3.05, 3.63) is 58.9 Å². The number of nitrogens with zero attached hydrogens (tertiary/aromatic N) is 1. The van der Waals surface area contributed by atoms with Crippen LogP contribution in [0.25, 0.3) is 0 Å². The Kier molecular flexibility index (Phi) is 6.11. The first-order valence-electron chi connectivity index (χ1n) is 7.31. The molecule has 0 atom stereocenters. The number of unbranched alkanes of at least 4 members (excludes halogenated alkanes) is 1. The normalized spacial score (nSPS) is 10.2. The predicted octanol–water partition coefficient (Wildman–Crippen LogP) is 3.94. The maximum absolute atomic E-state index is 12.3. The van der Waals surface area contributed by atoms with Gasteiger partial charge < -0.3 is 10.1 Å². The molecule has 0 aliphatic carbocycles. The number of hydrogen-bond donors (Lipinski definition) is 1. The van der Waals surface area contributed by atoms with Crippen molar-refractivity contribution >= 4 is 29.2 Å². The number of ether oxygens (including phenoxy) is 1. The molecular formula is C17H17ClN2O3. The number of aromatic nitrogens is 1. The minimum Gasteiger partial charge on any atom is -0.462 e. The van der Waals surface area contributed by atoms with Gasteiger partial charge in [0, 0.05) is 6.20 Å². The highest BCUT2D eigenvalue weighted by molar-refractivity contribution is 6.33. The zero-order valence-corrected chi connectivity index (χ0v) is 13.5. The van der Waals surface area contributed by atoms with Gasteiger partial charge in [-0.3, -0.25) is 4.79 Å². The van der Waals surface area contributed by atoms with Crippen LogP contribution >= 0.6 is 11.6 Å². The first-order chi connectivity index (χ1) is 11.1. The molecule has 5 nitrogen and oxygen atoms in total. The van der Waals surface area contributed by atoms with E-state index in [2.05, 4.69) is 10.3 Å². The number of amides is 1. The molecule has 1 aromatic heterocycles. The summed E-state index contributed by atoms with van der Waals surface area (Å²) in [4.78, 5) is 28.3. The van der Waals surface area contributed by atoms with Crippen LogP contribution in [0.15, 0.2) is 42.6 Å². The Bertz CT molecular complexity index is 704. The molecule has 1 amide bonds. The lowest BCUT2D eigenvalue weighted by Crippen LogP contribution is -2.16. The Hall–Kier alpha value is -2.40. The third kappa shape index (κ3) is 4.53. The number of halogens is 1. The van der Waals surface area contributed by atoms with Crippen molar-refractivity contribution in [2.75, 3.05) is 11.9 Å². The van der Waals surface area contributed by atoms with E-state index in [9.17, 15) is 9.59 Å². The van der Waals surface area contributed by atoms with Crippen molar-refractivity contribution in [2.45, 2.75) is 19.8 Å². The fourth-order valence-corrected chi connectivity index (χ4v) is 2.11. The summed E-state index contributed by atoms with van der Waals surface area (Å²) in [7, 11) is 0. The van der Waals surface area contributed by atoms with Gasteiger partial charge in [-0.15, -0.1) is 0 Å². The van der Waals surface area contributed by atoms with E-state index >= 15 is 0 Å². The molecule has 0 bridgehead atoms. The van der Waals surface area contributed by atoms with E-state index in [1.165, 1.54) is 6.20 Å². The highest BCUT2D eigenvalue weighted by atomic mass is 35.5. The van der Waals surface area contributed by atoms with Crippen LogP contribution in [0.3, 0.4) is 0 Å². The lowest BCUT2D eigenvalue weighted by molar-refractivity contribution is 0.0501. The minimum atomic E-state index is -0.466. The summed E-state index contributed by atoms with van der Waals surface area (Å²) in [5, 5.41) is 2.78. The fourth-order valence-electron chi connectivity index (χ4n) is 1.90. The molecule has 0 fully saturated rings. The van der Waals surface area contributed by atoms with E-state index in [1.807, 2.05) is 6.92 Å². The van der Waals surface area contributed by atoms with Gasteiger partial charge in [-0.2, -0.15) is 0 Å². The average molecular weight is 333 g/mol. The third-order valence-electron chi connectivity index (χ3n) is 3.13. The number of carbonyl (C=O) groups is 2. The quantitative estimate of drug-likeness (QED) is 0.494. The maximum atomic E-state index is 12.3. The van der Waals surface area contributed by atoms with Gasteiger partial charge in [-0.05, 0) is 30.7 Å². The first-order valence-corrected chi connectivity index (χ1v) is 7.69. The van der Waals surface area contributed by atoms with Crippen molar-refractivity contribution in [2.24, 2.45) is 0 Å². The highest BCUT2D eigenvalue weighted by Crippen LogP contribution is 2.19. The number of pyridine rings is 1. The number of hydrogen-bond acceptors (Lipinski definition) is 4. The Labute approximate surface area is 139 Å². The summed E-state index contributed by atoms with van der Waals surface area (Å²) in [5.74, 6) is -0.899. The summed E-state index contributed by atoms with van der Waals surface area (Å²) >= 11 is 5.91. The average Bonchev–Trinajstić information content (AvgIpc) is 2.55. The van der Waals surface area contributed by atoms with Gasteiger partial charge in [0.05, 0.1) is 23.4 Å². The second-order valence-electron chi connectivity index (χ2n) is 4.83. The second-order valence-corrected chi connectivity index (χ2v) is 5.19. The number of nitrogens with one attached hydrogen (secondary N) is 1. The third-order valence-corrected chi connectivity index (χ3v) is 3.43. The molecule has 1 aromatic carbocycles. The van der Waals surface area contributed by atoms with Gasteiger partial charge in [0.2, 0.25) is 0 Å². The molecule has 2 rings (SSSR count). The Morgan fingerprint density at radius 2 is 1.91 bits per heavy atom. The molecule has 2 aromatic rings. The van der Waals surface area contributed by atoms with E-state index in [-0.39, 0.29) is 10.7 Å². The zero-order chi connectivity index (χ0) is 16.7. The standard InChI is InChI=1S/C17H17ClN2O3/c1-2-3-11-23-17(22)12-7-4-5-9-14(12)20-16(21)13-8-6-10-19-15(13)18/h4-10H,2-3,11H2,1H3,(H,20,21). The number of rotatable bonds is 6. The Morgan fingerprint density at radius 1 is 1.17 bits per heavy atom. The molecule has 0 radical (unpaired) electrons. The number of carbonyl (C=O) groups excluding carboxylic acids is 2. The molecule has 120 valence electrons. The van der Waals surface area contributed by atoms with Crippen molar-refractivity contribution in [3.63, 3.8) is 0 Å². The van der Waals surface area contributed by atoms with Crippen LogP contribution in [-0.4, -0.2) is 23.5 Å². The van der Waals surface area contributed by atoms with Crippen LogP contribution in [0.4, 0.5) is 5.69 Å². The summed E-state index contributed by atoms with van der Waals surface area (Å²) in [6.07, 6.45) is 3.23. The Balaban J connectivity index is 2.16. The number of benzene rings is 1. The van der Waals surface area contributed by atoms with Gasteiger partial charge in [0.25, 0.3) is 5.91 Å². The SMILES string of the molecule is CCCCOC(=O)c1ccccc1NC(=O)c1cccnc1Cl. The molecule has 6 heteroatoms. The van der Waals surface area contributed by atoms with Crippen LogP contribution in [0.1, 0.15) is 40.5 Å². The second kappa shape index (κ2) is 8.29. The Morgan fingerprint density at radius 3 is 2.65 bits per heavy atom. The van der Waals surface area contributed by atoms with Gasteiger partial charge in [-0.1, -0.05) is 37.1 Å². The molecule has 0 spiro atoms. The highest BCUT2D eigenvalue weighted by Gasteiger charge is 2.16. The van der Waals surface area contributed by atoms with Crippen LogP contribution < -0.4 is 5.32 Å². The van der Waals surface area contributed by atoms with Gasteiger partial charge in [0.1, 0.15) is 5.15 Å². The van der Waals surface area contributed by atoms with Crippen LogP contribution in [0.5, 0.6) is 0 Å². The molecule has 0 saturated carbocycles. The van der Waals surface area contributed by atoms with Crippen molar-refractivity contribution < 1.29 is 14.3 Å². The summed E-state index contributed by atoms with van der Waals surface area (Å²) in [5.41, 5.74) is 0.916. The largest absolute Gasteiger partial charge is 0.462 e. The molecule has 0 unspecified atom stereocenters. The lowest BCUT2D eigenvalue weighted by atomic mass is 10.1. The smallest absolute Gasteiger partial charge is 0.340 e. The topological polar surface area (TPSA) is 68.3 Å². The molecule has 0 aliphatic heterocycles. The van der Waals surface area contributed by atoms with Gasteiger partial charge in [0.15, 0.2) is 0 Å². The predicted molar refractivity (Wildman–Crippen MR) is 88.8 cm³/mol. The molecule has 23 heavy (non-hydrogen) atoms. The van der Waals surface area contributed by atoms with Crippen molar-refractivity contribution in [1.29, 1.82) is 0 Å². The summed E-state index contributed by atoms with van der Waals surface area (Å²) in [6, 6.07) is 9.86. The van der Waals surface area contributed by atoms with E-state index in [1.54, 1.807) is 36.4 Å².